The van der Waals surface area contributed by atoms with Crippen molar-refractivity contribution in [1.82, 2.24) is 9.97 Å². The zero-order chi connectivity index (χ0) is 13.2. The maximum Gasteiger partial charge on any atom is 0.128 e. The summed E-state index contributed by atoms with van der Waals surface area (Å²) in [5.41, 5.74) is 2.40. The van der Waals surface area contributed by atoms with Crippen LogP contribution in [-0.4, -0.2) is 17.0 Å². The molecule has 0 atom stereocenters. The summed E-state index contributed by atoms with van der Waals surface area (Å²) in [4.78, 5) is 13.0. The fourth-order valence-electron chi connectivity index (χ4n) is 2.50. The minimum absolute atomic E-state index is 0.855. The molecule has 1 aliphatic rings. The van der Waals surface area contributed by atoms with Gasteiger partial charge in [-0.05, 0) is 44.7 Å². The van der Waals surface area contributed by atoms with Gasteiger partial charge in [-0.1, -0.05) is 6.07 Å². The van der Waals surface area contributed by atoms with Gasteiger partial charge in [0.05, 0.1) is 12.2 Å². The van der Waals surface area contributed by atoms with E-state index in [4.69, 9.17) is 4.98 Å². The number of aromatic nitrogens is 2. The summed E-state index contributed by atoms with van der Waals surface area (Å²) in [6.07, 6.45) is 5.01. The van der Waals surface area contributed by atoms with Gasteiger partial charge in [0.2, 0.25) is 0 Å². The van der Waals surface area contributed by atoms with Gasteiger partial charge in [-0.2, -0.15) is 0 Å². The van der Waals surface area contributed by atoms with Crippen LogP contribution in [0.4, 0.5) is 5.82 Å². The van der Waals surface area contributed by atoms with Crippen LogP contribution in [0.3, 0.4) is 0 Å². The Balaban J connectivity index is 1.75. The van der Waals surface area contributed by atoms with Gasteiger partial charge in [0.15, 0.2) is 0 Å². The number of aryl methyl sites for hydroxylation is 3. The topological polar surface area (TPSA) is 29.0 Å². The number of thiazole rings is 1. The molecule has 0 spiro atoms. The maximum absolute atomic E-state index is 4.79. The van der Waals surface area contributed by atoms with E-state index in [9.17, 15) is 0 Å². The van der Waals surface area contributed by atoms with Crippen molar-refractivity contribution < 1.29 is 0 Å². The van der Waals surface area contributed by atoms with Crippen molar-refractivity contribution in [1.29, 1.82) is 0 Å². The SMILES string of the molecule is Cc1cccc(N(C)Cc2nc3c(s2)CCCC3)n1. The van der Waals surface area contributed by atoms with Crippen LogP contribution in [0.5, 0.6) is 0 Å². The monoisotopic (exact) mass is 273 g/mol. The van der Waals surface area contributed by atoms with E-state index in [0.717, 1.165) is 24.5 Å². The first-order chi connectivity index (χ1) is 9.22. The highest BCUT2D eigenvalue weighted by atomic mass is 32.1. The molecule has 2 aromatic rings. The second-order valence-electron chi connectivity index (χ2n) is 5.18. The summed E-state index contributed by atoms with van der Waals surface area (Å²) < 4.78 is 0. The minimum atomic E-state index is 0.855. The average molecular weight is 273 g/mol. The van der Waals surface area contributed by atoms with Crippen LogP contribution in [0.25, 0.3) is 0 Å². The van der Waals surface area contributed by atoms with Crippen LogP contribution in [0.1, 0.15) is 34.1 Å². The van der Waals surface area contributed by atoms with Gasteiger partial charge >= 0.3 is 0 Å². The zero-order valence-electron chi connectivity index (χ0n) is 11.5. The quantitative estimate of drug-likeness (QED) is 0.858. The number of nitrogens with zero attached hydrogens (tertiary/aromatic N) is 3. The Morgan fingerprint density at radius 1 is 1.21 bits per heavy atom. The summed E-state index contributed by atoms with van der Waals surface area (Å²) in [5, 5.41) is 1.22. The third-order valence-corrected chi connectivity index (χ3v) is 4.67. The summed E-state index contributed by atoms with van der Waals surface area (Å²) in [5.74, 6) is 1.02. The highest BCUT2D eigenvalue weighted by molar-refractivity contribution is 7.11. The fourth-order valence-corrected chi connectivity index (χ4v) is 3.71. The van der Waals surface area contributed by atoms with Crippen molar-refractivity contribution in [2.75, 3.05) is 11.9 Å². The fraction of sp³-hybridized carbons (Fsp3) is 0.467. The van der Waals surface area contributed by atoms with E-state index < -0.39 is 0 Å². The van der Waals surface area contributed by atoms with Gasteiger partial charge < -0.3 is 4.90 Å². The van der Waals surface area contributed by atoms with Crippen LogP contribution in [-0.2, 0) is 19.4 Å². The molecular weight excluding hydrogens is 254 g/mol. The molecule has 0 amide bonds. The van der Waals surface area contributed by atoms with Gasteiger partial charge in [-0.3, -0.25) is 0 Å². The molecule has 1 aliphatic carbocycles. The lowest BCUT2D eigenvalue weighted by Crippen LogP contribution is -2.17. The van der Waals surface area contributed by atoms with E-state index in [1.165, 1.54) is 34.8 Å². The summed E-state index contributed by atoms with van der Waals surface area (Å²) >= 11 is 1.88. The second-order valence-corrected chi connectivity index (χ2v) is 6.35. The number of fused-ring (bicyclic) bond motifs is 1. The molecule has 100 valence electrons. The lowest BCUT2D eigenvalue weighted by atomic mass is 10.0. The van der Waals surface area contributed by atoms with Crippen molar-refractivity contribution in [3.63, 3.8) is 0 Å². The molecule has 0 fully saturated rings. The molecule has 0 radical (unpaired) electrons. The Morgan fingerprint density at radius 2 is 2.05 bits per heavy atom. The normalized spacial score (nSPS) is 14.2. The molecule has 0 aliphatic heterocycles. The van der Waals surface area contributed by atoms with Crippen molar-refractivity contribution in [3.8, 4) is 0 Å². The van der Waals surface area contributed by atoms with Crippen LogP contribution in [0.2, 0.25) is 0 Å². The summed E-state index contributed by atoms with van der Waals surface area (Å²) in [6, 6.07) is 6.14. The largest absolute Gasteiger partial charge is 0.353 e. The Bertz CT molecular complexity index is 553. The molecule has 4 heteroatoms. The zero-order valence-corrected chi connectivity index (χ0v) is 12.3. The van der Waals surface area contributed by atoms with E-state index in [-0.39, 0.29) is 0 Å². The van der Waals surface area contributed by atoms with Crippen LogP contribution >= 0.6 is 11.3 Å². The molecule has 0 saturated carbocycles. The van der Waals surface area contributed by atoms with E-state index in [1.807, 2.05) is 24.3 Å². The number of anilines is 1. The van der Waals surface area contributed by atoms with Gasteiger partial charge in [-0.25, -0.2) is 9.97 Å². The Hall–Kier alpha value is -1.42. The minimum Gasteiger partial charge on any atom is -0.353 e. The van der Waals surface area contributed by atoms with Gasteiger partial charge in [-0.15, -0.1) is 11.3 Å². The molecule has 3 nitrogen and oxygen atoms in total. The number of rotatable bonds is 3. The molecule has 0 N–H and O–H groups in total. The molecular formula is C15H19N3S. The summed E-state index contributed by atoms with van der Waals surface area (Å²) in [6.45, 7) is 2.88. The second kappa shape index (κ2) is 5.29. The molecule has 2 heterocycles. The van der Waals surface area contributed by atoms with Crippen molar-refractivity contribution in [2.24, 2.45) is 0 Å². The highest BCUT2D eigenvalue weighted by Gasteiger charge is 2.16. The third-order valence-electron chi connectivity index (χ3n) is 3.53. The van der Waals surface area contributed by atoms with E-state index in [1.54, 1.807) is 0 Å². The summed E-state index contributed by atoms with van der Waals surface area (Å²) in [7, 11) is 2.09. The van der Waals surface area contributed by atoms with E-state index in [2.05, 4.69) is 29.1 Å². The number of hydrogen-bond acceptors (Lipinski definition) is 4. The molecule has 0 aromatic carbocycles. The first-order valence-electron chi connectivity index (χ1n) is 6.84. The molecule has 0 saturated heterocycles. The average Bonchev–Trinajstić information content (AvgIpc) is 2.80. The Morgan fingerprint density at radius 3 is 2.84 bits per heavy atom. The molecule has 2 aromatic heterocycles. The van der Waals surface area contributed by atoms with Crippen LogP contribution < -0.4 is 4.90 Å². The molecule has 0 bridgehead atoms. The van der Waals surface area contributed by atoms with Gasteiger partial charge in [0, 0.05) is 17.6 Å². The number of hydrogen-bond donors (Lipinski definition) is 0. The van der Waals surface area contributed by atoms with Crippen molar-refractivity contribution >= 4 is 17.2 Å². The van der Waals surface area contributed by atoms with Crippen LogP contribution in [0, 0.1) is 6.92 Å². The highest BCUT2D eigenvalue weighted by Crippen LogP contribution is 2.27. The predicted molar refractivity (Wildman–Crippen MR) is 79.8 cm³/mol. The molecule has 19 heavy (non-hydrogen) atoms. The van der Waals surface area contributed by atoms with Gasteiger partial charge in [0.25, 0.3) is 0 Å². The molecule has 0 unspecified atom stereocenters. The van der Waals surface area contributed by atoms with Crippen molar-refractivity contribution in [2.45, 2.75) is 39.2 Å². The number of pyridine rings is 1. The predicted octanol–water partition coefficient (Wildman–Crippen LogP) is 3.36. The van der Waals surface area contributed by atoms with Crippen molar-refractivity contribution in [3.05, 3.63) is 39.5 Å². The van der Waals surface area contributed by atoms with Gasteiger partial charge in [0.1, 0.15) is 10.8 Å². The third kappa shape index (κ3) is 2.78. The standard InChI is InChI=1S/C15H19N3S/c1-11-6-5-9-14(16-11)18(2)10-15-17-12-7-3-4-8-13(12)19-15/h5-6,9H,3-4,7-8,10H2,1-2H3. The first-order valence-corrected chi connectivity index (χ1v) is 7.66. The first kappa shape index (κ1) is 12.6. The Kier molecular flexibility index (Phi) is 3.51. The maximum atomic E-state index is 4.79. The van der Waals surface area contributed by atoms with E-state index >= 15 is 0 Å². The molecule has 3 rings (SSSR count). The smallest absolute Gasteiger partial charge is 0.128 e. The lowest BCUT2D eigenvalue weighted by molar-refractivity contribution is 0.680. The Labute approximate surface area is 118 Å². The van der Waals surface area contributed by atoms with Crippen LogP contribution in [0.15, 0.2) is 18.2 Å². The lowest BCUT2D eigenvalue weighted by Gasteiger charge is -2.16. The van der Waals surface area contributed by atoms with E-state index in [0.29, 0.717) is 0 Å².